The van der Waals surface area contributed by atoms with E-state index in [9.17, 15) is 9.59 Å². The molecule has 0 radical (unpaired) electrons. The highest BCUT2D eigenvalue weighted by atomic mass is 32.1. The number of likely N-dealkylation sites (N-methyl/N-ethyl adjacent to an activating group) is 1. The number of nitrogens with zero attached hydrogens (tertiary/aromatic N) is 2. The first kappa shape index (κ1) is 15.4. The molecule has 8 heteroatoms. The number of aromatic nitrogens is 2. The Kier molecular flexibility index (Phi) is 6.20. The maximum Gasteiger partial charge on any atom is 0.282 e. The van der Waals surface area contributed by atoms with E-state index >= 15 is 0 Å². The quantitative estimate of drug-likeness (QED) is 0.682. The Morgan fingerprint density at radius 1 is 1.32 bits per heavy atom. The van der Waals surface area contributed by atoms with Crippen molar-refractivity contribution < 1.29 is 9.59 Å². The highest BCUT2D eigenvalue weighted by Gasteiger charge is 2.18. The molecule has 0 aliphatic carbocycles. The van der Waals surface area contributed by atoms with Gasteiger partial charge in [-0.3, -0.25) is 9.59 Å². The molecular formula is C11H19N5O2S. The fourth-order valence-electron chi connectivity index (χ4n) is 1.27. The molecule has 0 aliphatic heterocycles. The van der Waals surface area contributed by atoms with Crippen LogP contribution in [0.4, 0.5) is 5.13 Å². The minimum atomic E-state index is -0.594. The lowest BCUT2D eigenvalue weighted by Crippen LogP contribution is -2.44. The van der Waals surface area contributed by atoms with E-state index in [1.807, 2.05) is 13.8 Å². The van der Waals surface area contributed by atoms with Crippen LogP contribution in [0.3, 0.4) is 0 Å². The maximum absolute atomic E-state index is 11.8. The van der Waals surface area contributed by atoms with Crippen molar-refractivity contribution in [3.8, 4) is 0 Å². The third-order valence-corrected chi connectivity index (χ3v) is 3.12. The van der Waals surface area contributed by atoms with E-state index in [2.05, 4.69) is 26.1 Å². The fraction of sp³-hybridized carbons (Fsp3) is 0.636. The molecule has 1 atom stereocenters. The number of anilines is 1. The summed E-state index contributed by atoms with van der Waals surface area (Å²) >= 11 is 1.17. The van der Waals surface area contributed by atoms with Gasteiger partial charge in [0.2, 0.25) is 16.0 Å². The molecule has 3 N–H and O–H groups in total. The Hall–Kier alpha value is -1.70. The molecular weight excluding hydrogens is 266 g/mol. The summed E-state index contributed by atoms with van der Waals surface area (Å²) < 4.78 is 0. The van der Waals surface area contributed by atoms with Gasteiger partial charge in [0.1, 0.15) is 6.04 Å². The van der Waals surface area contributed by atoms with Crippen LogP contribution >= 0.6 is 11.3 Å². The molecule has 0 fully saturated rings. The minimum absolute atomic E-state index is 0.218. The van der Waals surface area contributed by atoms with Crippen LogP contribution in [0.5, 0.6) is 0 Å². The molecule has 0 spiro atoms. The summed E-state index contributed by atoms with van der Waals surface area (Å²) in [5.41, 5.74) is 0. The van der Waals surface area contributed by atoms with E-state index < -0.39 is 6.04 Å². The molecule has 0 saturated heterocycles. The van der Waals surface area contributed by atoms with Crippen LogP contribution in [0.25, 0.3) is 0 Å². The number of nitrogens with one attached hydrogen (secondary N) is 3. The van der Waals surface area contributed by atoms with Crippen molar-refractivity contribution in [1.29, 1.82) is 0 Å². The third kappa shape index (κ3) is 4.82. The van der Waals surface area contributed by atoms with E-state index in [1.54, 1.807) is 6.92 Å². The first-order valence-electron chi connectivity index (χ1n) is 6.24. The monoisotopic (exact) mass is 285 g/mol. The molecule has 1 rings (SSSR count). The summed E-state index contributed by atoms with van der Waals surface area (Å²) in [5.74, 6) is -0.606. The molecule has 2 amide bonds. The molecule has 19 heavy (non-hydrogen) atoms. The van der Waals surface area contributed by atoms with E-state index in [0.717, 1.165) is 13.0 Å². The smallest absolute Gasteiger partial charge is 0.282 e. The number of carbonyl (C=O) groups is 2. The summed E-state index contributed by atoms with van der Waals surface area (Å²) in [5, 5.41) is 16.8. The minimum Gasteiger partial charge on any atom is -0.360 e. The lowest BCUT2D eigenvalue weighted by atomic mass is 10.3. The van der Waals surface area contributed by atoms with E-state index in [4.69, 9.17) is 0 Å². The van der Waals surface area contributed by atoms with Gasteiger partial charge in [-0.05, 0) is 20.3 Å². The molecule has 106 valence electrons. The number of rotatable bonds is 7. The van der Waals surface area contributed by atoms with Gasteiger partial charge in [0.15, 0.2) is 0 Å². The van der Waals surface area contributed by atoms with E-state index in [0.29, 0.717) is 11.7 Å². The first-order chi connectivity index (χ1) is 9.08. The molecule has 0 bridgehead atoms. The third-order valence-electron chi connectivity index (χ3n) is 2.24. The van der Waals surface area contributed by atoms with Gasteiger partial charge in [0, 0.05) is 13.1 Å². The van der Waals surface area contributed by atoms with Gasteiger partial charge in [0.25, 0.3) is 5.91 Å². The Bertz CT molecular complexity index is 434. The largest absolute Gasteiger partial charge is 0.360 e. The summed E-state index contributed by atoms with van der Waals surface area (Å²) in [6.07, 6.45) is 0.968. The van der Waals surface area contributed by atoms with Gasteiger partial charge < -0.3 is 16.0 Å². The van der Waals surface area contributed by atoms with Gasteiger partial charge >= 0.3 is 0 Å². The van der Waals surface area contributed by atoms with E-state index in [-0.39, 0.29) is 16.8 Å². The van der Waals surface area contributed by atoms with Crippen LogP contribution in [0.1, 0.15) is 37.0 Å². The fourth-order valence-corrected chi connectivity index (χ4v) is 1.94. The van der Waals surface area contributed by atoms with Gasteiger partial charge in [-0.15, -0.1) is 10.2 Å². The summed E-state index contributed by atoms with van der Waals surface area (Å²) in [6.45, 7) is 6.80. The molecule has 1 unspecified atom stereocenters. The molecule has 0 aliphatic rings. The van der Waals surface area contributed by atoms with Crippen molar-refractivity contribution in [2.75, 3.05) is 18.4 Å². The predicted molar refractivity (Wildman–Crippen MR) is 74.3 cm³/mol. The zero-order valence-electron chi connectivity index (χ0n) is 11.3. The summed E-state index contributed by atoms with van der Waals surface area (Å²) in [4.78, 5) is 23.3. The second-order valence-electron chi connectivity index (χ2n) is 3.93. The Morgan fingerprint density at radius 3 is 2.68 bits per heavy atom. The number of hydrogen-bond acceptors (Lipinski definition) is 6. The van der Waals surface area contributed by atoms with Crippen molar-refractivity contribution >= 4 is 28.3 Å². The zero-order chi connectivity index (χ0) is 14.3. The molecule has 0 aromatic carbocycles. The summed E-state index contributed by atoms with van der Waals surface area (Å²) in [6, 6.07) is -0.594. The van der Waals surface area contributed by atoms with E-state index in [1.165, 1.54) is 11.3 Å². The number of amides is 2. The molecule has 1 aromatic heterocycles. The lowest BCUT2D eigenvalue weighted by Gasteiger charge is -2.11. The van der Waals surface area contributed by atoms with Crippen molar-refractivity contribution in [1.82, 2.24) is 20.8 Å². The van der Waals surface area contributed by atoms with Crippen LogP contribution in [-0.4, -0.2) is 41.1 Å². The molecule has 7 nitrogen and oxygen atoms in total. The number of hydrogen-bond donors (Lipinski definition) is 3. The van der Waals surface area contributed by atoms with Crippen LogP contribution in [-0.2, 0) is 4.79 Å². The normalized spacial score (nSPS) is 11.7. The highest BCUT2D eigenvalue weighted by molar-refractivity contribution is 7.17. The Labute approximate surface area is 116 Å². The van der Waals surface area contributed by atoms with Crippen LogP contribution in [0.2, 0.25) is 0 Å². The van der Waals surface area contributed by atoms with Crippen molar-refractivity contribution in [3.05, 3.63) is 5.01 Å². The lowest BCUT2D eigenvalue weighted by molar-refractivity contribution is -0.122. The predicted octanol–water partition coefficient (Wildman–Crippen LogP) is 0.614. The topological polar surface area (TPSA) is 96.0 Å². The van der Waals surface area contributed by atoms with Gasteiger partial charge in [-0.1, -0.05) is 18.3 Å². The van der Waals surface area contributed by atoms with Crippen molar-refractivity contribution in [3.63, 3.8) is 0 Å². The first-order valence-corrected chi connectivity index (χ1v) is 7.06. The second kappa shape index (κ2) is 7.67. The SMILES string of the molecule is CCCNc1nnc(C(=O)NC(C)C(=O)NCC)s1. The average molecular weight is 285 g/mol. The van der Waals surface area contributed by atoms with Crippen LogP contribution in [0, 0.1) is 0 Å². The molecule has 1 heterocycles. The van der Waals surface area contributed by atoms with Crippen molar-refractivity contribution in [2.45, 2.75) is 33.2 Å². The Balaban J connectivity index is 2.53. The van der Waals surface area contributed by atoms with Crippen LogP contribution < -0.4 is 16.0 Å². The van der Waals surface area contributed by atoms with Gasteiger partial charge in [-0.2, -0.15) is 0 Å². The molecule has 0 saturated carbocycles. The Morgan fingerprint density at radius 2 is 2.05 bits per heavy atom. The zero-order valence-corrected chi connectivity index (χ0v) is 12.1. The van der Waals surface area contributed by atoms with Crippen LogP contribution in [0.15, 0.2) is 0 Å². The van der Waals surface area contributed by atoms with Gasteiger partial charge in [-0.25, -0.2) is 0 Å². The highest BCUT2D eigenvalue weighted by Crippen LogP contribution is 2.14. The van der Waals surface area contributed by atoms with Crippen molar-refractivity contribution in [2.24, 2.45) is 0 Å². The standard InChI is InChI=1S/C11H19N5O2S/c1-4-6-13-11-16-15-10(19-11)9(18)14-7(3)8(17)12-5-2/h7H,4-6H2,1-3H3,(H,12,17)(H,13,16)(H,14,18). The second-order valence-corrected chi connectivity index (χ2v) is 4.91. The number of carbonyl (C=O) groups excluding carboxylic acids is 2. The average Bonchev–Trinajstić information content (AvgIpc) is 2.85. The molecule has 1 aromatic rings. The summed E-state index contributed by atoms with van der Waals surface area (Å²) in [7, 11) is 0. The van der Waals surface area contributed by atoms with Gasteiger partial charge in [0.05, 0.1) is 0 Å². The maximum atomic E-state index is 11.8.